The Labute approximate surface area is 129 Å². The highest BCUT2D eigenvalue weighted by atomic mass is 16.6. The van der Waals surface area contributed by atoms with Crippen LogP contribution in [-0.2, 0) is 16.1 Å². The molecular weight excluding hydrogens is 282 g/mol. The van der Waals surface area contributed by atoms with E-state index in [-0.39, 0.29) is 0 Å². The predicted molar refractivity (Wildman–Crippen MR) is 79.3 cm³/mol. The molecule has 0 saturated heterocycles. The van der Waals surface area contributed by atoms with Crippen LogP contribution in [0.5, 0.6) is 0 Å². The molecule has 0 spiro atoms. The third-order valence-electron chi connectivity index (χ3n) is 3.53. The summed E-state index contributed by atoms with van der Waals surface area (Å²) in [5, 5.41) is 11.4. The highest BCUT2D eigenvalue weighted by Gasteiger charge is 2.33. The van der Waals surface area contributed by atoms with Crippen LogP contribution in [0.1, 0.15) is 24.8 Å². The van der Waals surface area contributed by atoms with Crippen LogP contribution in [0.3, 0.4) is 0 Å². The van der Waals surface area contributed by atoms with Gasteiger partial charge in [-0.2, -0.15) is 5.26 Å². The van der Waals surface area contributed by atoms with E-state index < -0.39 is 18.1 Å². The van der Waals surface area contributed by atoms with Gasteiger partial charge in [-0.25, -0.2) is 9.69 Å². The van der Waals surface area contributed by atoms with Gasteiger partial charge in [0.15, 0.2) is 12.3 Å². The molecule has 1 fully saturated rings. The second kappa shape index (κ2) is 7.46. The topological polar surface area (TPSA) is 82.4 Å². The maximum atomic E-state index is 12.0. The minimum atomic E-state index is -0.895. The molecule has 1 aromatic rings. The van der Waals surface area contributed by atoms with E-state index >= 15 is 0 Å². The minimum absolute atomic E-state index is 0.331. The molecule has 1 N–H and O–H groups in total. The number of hydrogen-bond donors (Lipinski definition) is 1. The molecule has 0 bridgehead atoms. The number of nitrogens with one attached hydrogen (secondary N) is 1. The number of benzene rings is 1. The number of nitriles is 1. The van der Waals surface area contributed by atoms with Gasteiger partial charge in [0.05, 0.1) is 0 Å². The standard InChI is InChI=1S/C16H19N3O3/c1-19(11-17)15(20)14(9-12-7-8-12)22-16(21)18-10-13-5-3-2-4-6-13/h2-6,12,14H,7-10H2,1H3,(H,18,21). The average molecular weight is 301 g/mol. The van der Waals surface area contributed by atoms with Gasteiger partial charge in [-0.1, -0.05) is 43.2 Å². The first-order valence-corrected chi connectivity index (χ1v) is 7.26. The molecule has 116 valence electrons. The molecule has 1 unspecified atom stereocenters. The molecule has 1 saturated carbocycles. The fraction of sp³-hybridized carbons (Fsp3) is 0.438. The normalized spacial score (nSPS) is 14.5. The lowest BCUT2D eigenvalue weighted by molar-refractivity contribution is -0.136. The zero-order valence-electron chi connectivity index (χ0n) is 12.5. The van der Waals surface area contributed by atoms with Crippen LogP contribution in [0.15, 0.2) is 30.3 Å². The van der Waals surface area contributed by atoms with Gasteiger partial charge in [-0.3, -0.25) is 4.79 Å². The number of rotatable bonds is 6. The summed E-state index contributed by atoms with van der Waals surface area (Å²) in [7, 11) is 1.37. The predicted octanol–water partition coefficient (Wildman–Crippen LogP) is 2.02. The Morgan fingerprint density at radius 2 is 2.09 bits per heavy atom. The zero-order valence-corrected chi connectivity index (χ0v) is 12.5. The van der Waals surface area contributed by atoms with Crippen LogP contribution in [0.4, 0.5) is 4.79 Å². The molecule has 2 amide bonds. The number of nitrogens with zero attached hydrogens (tertiary/aromatic N) is 2. The van der Waals surface area contributed by atoms with Gasteiger partial charge < -0.3 is 10.1 Å². The molecule has 6 heteroatoms. The Bertz CT molecular complexity index is 564. The molecular formula is C16H19N3O3. The van der Waals surface area contributed by atoms with Crippen molar-refractivity contribution >= 4 is 12.0 Å². The van der Waals surface area contributed by atoms with Crippen molar-refractivity contribution in [2.75, 3.05) is 7.05 Å². The van der Waals surface area contributed by atoms with E-state index in [4.69, 9.17) is 10.00 Å². The van der Waals surface area contributed by atoms with E-state index in [0.29, 0.717) is 18.9 Å². The molecule has 1 aliphatic rings. The maximum Gasteiger partial charge on any atom is 0.408 e. The van der Waals surface area contributed by atoms with Crippen LogP contribution >= 0.6 is 0 Å². The second-order valence-corrected chi connectivity index (χ2v) is 5.41. The van der Waals surface area contributed by atoms with Crippen molar-refractivity contribution in [3.05, 3.63) is 35.9 Å². The van der Waals surface area contributed by atoms with Crippen molar-refractivity contribution in [1.82, 2.24) is 10.2 Å². The Kier molecular flexibility index (Phi) is 5.37. The molecule has 2 rings (SSSR count). The van der Waals surface area contributed by atoms with Gasteiger partial charge in [0, 0.05) is 13.6 Å². The van der Waals surface area contributed by atoms with Crippen LogP contribution in [0, 0.1) is 17.4 Å². The summed E-state index contributed by atoms with van der Waals surface area (Å²) < 4.78 is 5.22. The summed E-state index contributed by atoms with van der Waals surface area (Å²) in [6, 6.07) is 9.42. The van der Waals surface area contributed by atoms with Gasteiger partial charge in [-0.05, 0) is 17.9 Å². The van der Waals surface area contributed by atoms with Gasteiger partial charge in [0.1, 0.15) is 0 Å². The maximum absolute atomic E-state index is 12.0. The van der Waals surface area contributed by atoms with E-state index in [2.05, 4.69) is 5.32 Å². The van der Waals surface area contributed by atoms with Gasteiger partial charge >= 0.3 is 6.09 Å². The van der Waals surface area contributed by atoms with Crippen molar-refractivity contribution in [1.29, 1.82) is 5.26 Å². The number of ether oxygens (including phenoxy) is 1. The SMILES string of the molecule is CN(C#N)C(=O)C(CC1CC1)OC(=O)NCc1ccccc1. The Hall–Kier alpha value is -2.55. The number of carbonyl (C=O) groups is 2. The molecule has 0 aliphatic heterocycles. The lowest BCUT2D eigenvalue weighted by Crippen LogP contribution is -2.39. The molecule has 22 heavy (non-hydrogen) atoms. The highest BCUT2D eigenvalue weighted by Crippen LogP contribution is 2.34. The monoisotopic (exact) mass is 301 g/mol. The number of hydrogen-bond acceptors (Lipinski definition) is 4. The van der Waals surface area contributed by atoms with Crippen molar-refractivity contribution in [2.24, 2.45) is 5.92 Å². The highest BCUT2D eigenvalue weighted by molar-refractivity contribution is 5.84. The summed E-state index contributed by atoms with van der Waals surface area (Å²) in [4.78, 5) is 24.8. The summed E-state index contributed by atoms with van der Waals surface area (Å²) >= 11 is 0. The zero-order chi connectivity index (χ0) is 15.9. The van der Waals surface area contributed by atoms with Crippen LogP contribution < -0.4 is 5.32 Å². The third kappa shape index (κ3) is 4.77. The molecule has 0 radical (unpaired) electrons. The number of alkyl carbamates (subject to hydrolysis) is 1. The smallest absolute Gasteiger partial charge is 0.408 e. The Morgan fingerprint density at radius 1 is 1.41 bits per heavy atom. The van der Waals surface area contributed by atoms with Crippen LogP contribution in [0.25, 0.3) is 0 Å². The lowest BCUT2D eigenvalue weighted by Gasteiger charge is -2.19. The van der Waals surface area contributed by atoms with Crippen molar-refractivity contribution < 1.29 is 14.3 Å². The second-order valence-electron chi connectivity index (χ2n) is 5.41. The molecule has 1 atom stereocenters. The van der Waals surface area contributed by atoms with E-state index in [9.17, 15) is 9.59 Å². The summed E-state index contributed by atoms with van der Waals surface area (Å²) in [5.41, 5.74) is 0.943. The Morgan fingerprint density at radius 3 is 2.68 bits per heavy atom. The van der Waals surface area contributed by atoms with Crippen LogP contribution in [-0.4, -0.2) is 30.1 Å². The molecule has 6 nitrogen and oxygen atoms in total. The van der Waals surface area contributed by atoms with Crippen LogP contribution in [0.2, 0.25) is 0 Å². The fourth-order valence-electron chi connectivity index (χ4n) is 2.06. The van der Waals surface area contributed by atoms with E-state index in [1.54, 1.807) is 6.19 Å². The van der Waals surface area contributed by atoms with Crippen molar-refractivity contribution in [3.63, 3.8) is 0 Å². The first-order chi connectivity index (χ1) is 10.6. The molecule has 0 heterocycles. The average Bonchev–Trinajstić information content (AvgIpc) is 3.36. The number of amides is 2. The van der Waals surface area contributed by atoms with Gasteiger partial charge in [-0.15, -0.1) is 0 Å². The van der Waals surface area contributed by atoms with Gasteiger partial charge in [0.2, 0.25) is 0 Å². The van der Waals surface area contributed by atoms with E-state index in [1.165, 1.54) is 7.05 Å². The fourth-order valence-corrected chi connectivity index (χ4v) is 2.06. The number of likely N-dealkylation sites (N-methyl/N-ethyl adjacent to an activating group) is 1. The summed E-state index contributed by atoms with van der Waals surface area (Å²) in [6.07, 6.45) is 2.75. The quantitative estimate of drug-likeness (QED) is 0.643. The molecule has 1 aliphatic carbocycles. The third-order valence-corrected chi connectivity index (χ3v) is 3.53. The van der Waals surface area contributed by atoms with Gasteiger partial charge in [0.25, 0.3) is 5.91 Å². The first-order valence-electron chi connectivity index (χ1n) is 7.26. The lowest BCUT2D eigenvalue weighted by atomic mass is 10.1. The number of carbonyl (C=O) groups excluding carboxylic acids is 2. The molecule has 1 aromatic carbocycles. The molecule has 0 aromatic heterocycles. The Balaban J connectivity index is 1.87. The first kappa shape index (κ1) is 15.8. The van der Waals surface area contributed by atoms with E-state index in [0.717, 1.165) is 23.3 Å². The van der Waals surface area contributed by atoms with Crippen molar-refractivity contribution in [3.8, 4) is 6.19 Å². The summed E-state index contributed by atoms with van der Waals surface area (Å²) in [6.45, 7) is 0.331. The summed E-state index contributed by atoms with van der Waals surface area (Å²) in [5.74, 6) is -0.0766. The largest absolute Gasteiger partial charge is 0.436 e. The van der Waals surface area contributed by atoms with Crippen molar-refractivity contribution in [2.45, 2.75) is 31.9 Å². The minimum Gasteiger partial charge on any atom is -0.436 e. The van der Waals surface area contributed by atoms with E-state index in [1.807, 2.05) is 30.3 Å².